The van der Waals surface area contributed by atoms with Crippen molar-refractivity contribution in [2.45, 2.75) is 26.2 Å². The van der Waals surface area contributed by atoms with Crippen LogP contribution in [0.3, 0.4) is 0 Å². The molecule has 0 spiro atoms. The van der Waals surface area contributed by atoms with Gasteiger partial charge in [0, 0.05) is 42.1 Å². The molecule has 6 rings (SSSR count). The number of aryl methyl sites for hydroxylation is 1. The molecule has 11 heteroatoms. The Morgan fingerprint density at radius 2 is 1.87 bits per heavy atom. The third kappa shape index (κ3) is 6.25. The maximum absolute atomic E-state index is 15.2. The Hall–Kier alpha value is -6.46. The first-order chi connectivity index (χ1) is 22.2. The van der Waals surface area contributed by atoms with Crippen LogP contribution in [0.4, 0.5) is 21.5 Å². The molecule has 226 valence electrons. The van der Waals surface area contributed by atoms with Crippen molar-refractivity contribution in [2.24, 2.45) is 0 Å². The van der Waals surface area contributed by atoms with Crippen LogP contribution in [0.2, 0.25) is 0 Å². The molecule has 4 aromatic heterocycles. The zero-order valence-corrected chi connectivity index (χ0v) is 25.1. The molecule has 0 saturated carbocycles. The molecule has 0 saturated heterocycles. The van der Waals surface area contributed by atoms with Gasteiger partial charge in [0.25, 0.3) is 5.91 Å². The number of anilines is 3. The lowest BCUT2D eigenvalue weighted by atomic mass is 9.86. The third-order valence-corrected chi connectivity index (χ3v) is 7.25. The first-order valence-electron chi connectivity index (χ1n) is 14.2. The van der Waals surface area contributed by atoms with Crippen LogP contribution in [0.1, 0.15) is 46.6 Å². The lowest BCUT2D eigenvalue weighted by Crippen LogP contribution is -2.17. The van der Waals surface area contributed by atoms with Crippen molar-refractivity contribution in [1.82, 2.24) is 24.6 Å². The van der Waals surface area contributed by atoms with Crippen molar-refractivity contribution in [3.8, 4) is 29.4 Å². The molecular weight excluding hydrogens is 583 g/mol. The Morgan fingerprint density at radius 1 is 1.04 bits per heavy atom. The molecule has 0 unspecified atom stereocenters. The molecule has 6 aromatic rings. The van der Waals surface area contributed by atoms with Gasteiger partial charge in [0.2, 0.25) is 0 Å². The van der Waals surface area contributed by atoms with Gasteiger partial charge in [-0.2, -0.15) is 10.4 Å². The van der Waals surface area contributed by atoms with E-state index in [1.165, 1.54) is 12.1 Å². The number of fused-ring (bicyclic) bond motifs is 1. The summed E-state index contributed by atoms with van der Waals surface area (Å²) < 4.78 is 23.0. The van der Waals surface area contributed by atoms with Gasteiger partial charge in [-0.3, -0.25) is 19.3 Å². The lowest BCUT2D eigenvalue weighted by Gasteiger charge is -2.19. The molecule has 4 heterocycles. The number of halogens is 1. The summed E-state index contributed by atoms with van der Waals surface area (Å²) in [7, 11) is 0. The van der Waals surface area contributed by atoms with E-state index in [2.05, 4.69) is 48.7 Å². The van der Waals surface area contributed by atoms with Crippen molar-refractivity contribution in [3.63, 3.8) is 0 Å². The fourth-order valence-corrected chi connectivity index (χ4v) is 4.68. The number of amides is 1. The van der Waals surface area contributed by atoms with Gasteiger partial charge in [0.05, 0.1) is 40.8 Å². The number of carbonyl (C=O) groups excluding carboxylic acids is 1. The molecule has 46 heavy (non-hydrogen) atoms. The summed E-state index contributed by atoms with van der Waals surface area (Å²) in [4.78, 5) is 21.9. The van der Waals surface area contributed by atoms with E-state index in [0.29, 0.717) is 45.2 Å². The van der Waals surface area contributed by atoms with Crippen LogP contribution >= 0.6 is 0 Å². The smallest absolute Gasteiger partial charge is 0.258 e. The SMILES string of the molecule is Cc1cc(F)c(C(=O)Nc2cc(Oc3ccncc3)cc(C(C)(C)C#N)c2)cc1C#Cc1cnc2c(Nc3cn[nH]c3)cccn12. The van der Waals surface area contributed by atoms with Crippen LogP contribution < -0.4 is 15.4 Å². The van der Waals surface area contributed by atoms with E-state index >= 15 is 4.39 Å². The van der Waals surface area contributed by atoms with Gasteiger partial charge in [-0.15, -0.1) is 0 Å². The van der Waals surface area contributed by atoms with Crippen LogP contribution in [-0.2, 0) is 5.41 Å². The van der Waals surface area contributed by atoms with Crippen molar-refractivity contribution in [3.05, 3.63) is 126 Å². The number of benzene rings is 2. The molecule has 3 N–H and O–H groups in total. The topological polar surface area (TPSA) is 133 Å². The summed E-state index contributed by atoms with van der Waals surface area (Å²) in [6.07, 6.45) is 10.1. The molecule has 0 fully saturated rings. The molecule has 0 bridgehead atoms. The van der Waals surface area contributed by atoms with Crippen LogP contribution in [0.15, 0.2) is 91.8 Å². The minimum Gasteiger partial charge on any atom is -0.457 e. The van der Waals surface area contributed by atoms with E-state index in [4.69, 9.17) is 4.74 Å². The largest absolute Gasteiger partial charge is 0.457 e. The second-order valence-electron chi connectivity index (χ2n) is 11.0. The van der Waals surface area contributed by atoms with Crippen molar-refractivity contribution < 1.29 is 13.9 Å². The Balaban J connectivity index is 1.29. The number of imidazole rings is 1. The van der Waals surface area contributed by atoms with Crippen LogP contribution in [0.25, 0.3) is 5.65 Å². The van der Waals surface area contributed by atoms with Gasteiger partial charge in [0.1, 0.15) is 23.0 Å². The average Bonchev–Trinajstić information content (AvgIpc) is 3.71. The molecule has 1 amide bonds. The zero-order chi connectivity index (χ0) is 32.3. The first kappa shape index (κ1) is 29.6. The monoisotopic (exact) mass is 610 g/mol. The van der Waals surface area contributed by atoms with Gasteiger partial charge in [-0.1, -0.05) is 5.92 Å². The number of rotatable bonds is 7. The quantitative estimate of drug-likeness (QED) is 0.168. The Kier molecular flexibility index (Phi) is 7.89. The number of nitrogens with zero attached hydrogens (tertiary/aromatic N) is 5. The number of nitriles is 1. The normalized spacial score (nSPS) is 10.9. The van der Waals surface area contributed by atoms with Gasteiger partial charge in [0.15, 0.2) is 5.65 Å². The second-order valence-corrected chi connectivity index (χ2v) is 11.0. The van der Waals surface area contributed by atoms with Crippen LogP contribution in [0, 0.1) is 35.9 Å². The highest BCUT2D eigenvalue weighted by molar-refractivity contribution is 6.05. The summed E-state index contributed by atoms with van der Waals surface area (Å²) >= 11 is 0. The van der Waals surface area contributed by atoms with E-state index in [9.17, 15) is 10.1 Å². The van der Waals surface area contributed by atoms with E-state index in [1.807, 2.05) is 22.7 Å². The van der Waals surface area contributed by atoms with Crippen molar-refractivity contribution >= 4 is 28.6 Å². The summed E-state index contributed by atoms with van der Waals surface area (Å²) in [5, 5.41) is 22.5. The average molecular weight is 611 g/mol. The third-order valence-electron chi connectivity index (χ3n) is 7.25. The molecule has 0 aliphatic heterocycles. The predicted molar refractivity (Wildman–Crippen MR) is 172 cm³/mol. The number of carbonyl (C=O) groups is 1. The fourth-order valence-electron chi connectivity index (χ4n) is 4.68. The minimum absolute atomic E-state index is 0.179. The number of hydrogen-bond donors (Lipinski definition) is 3. The van der Waals surface area contributed by atoms with E-state index in [0.717, 1.165) is 11.4 Å². The number of nitrogens with one attached hydrogen (secondary N) is 3. The Labute approximate surface area is 263 Å². The minimum atomic E-state index is -0.886. The number of pyridine rings is 2. The number of aromatic amines is 1. The fraction of sp³-hybridized carbons (Fsp3) is 0.114. The second kappa shape index (κ2) is 12.3. The molecule has 10 nitrogen and oxygen atoms in total. The number of H-pyrrole nitrogens is 1. The van der Waals surface area contributed by atoms with E-state index in [-0.39, 0.29) is 5.56 Å². The lowest BCUT2D eigenvalue weighted by molar-refractivity contribution is 0.102. The van der Waals surface area contributed by atoms with Crippen molar-refractivity contribution in [2.75, 3.05) is 10.6 Å². The maximum atomic E-state index is 15.2. The predicted octanol–water partition coefficient (Wildman–Crippen LogP) is 6.89. The van der Waals surface area contributed by atoms with Crippen LogP contribution in [-0.4, -0.2) is 30.5 Å². The number of ether oxygens (including phenoxy) is 1. The maximum Gasteiger partial charge on any atom is 0.258 e. The van der Waals surface area contributed by atoms with Crippen LogP contribution in [0.5, 0.6) is 11.5 Å². The molecule has 0 atom stereocenters. The molecule has 0 aliphatic carbocycles. The Morgan fingerprint density at radius 3 is 2.63 bits per heavy atom. The summed E-state index contributed by atoms with van der Waals surface area (Å²) in [6, 6.07) is 17.1. The molecule has 0 aliphatic rings. The highest BCUT2D eigenvalue weighted by Gasteiger charge is 2.23. The Bertz CT molecular complexity index is 2170. The molecule has 0 radical (unpaired) electrons. The van der Waals surface area contributed by atoms with Gasteiger partial charge in [-0.05, 0) is 86.3 Å². The summed E-state index contributed by atoms with van der Waals surface area (Å²) in [5.41, 5.74) is 3.78. The van der Waals surface area contributed by atoms with E-state index in [1.54, 1.807) is 82.1 Å². The molecule has 2 aromatic carbocycles. The number of aromatic nitrogens is 5. The number of hydrogen-bond acceptors (Lipinski definition) is 7. The first-order valence-corrected chi connectivity index (χ1v) is 14.2. The summed E-state index contributed by atoms with van der Waals surface area (Å²) in [6.45, 7) is 5.25. The zero-order valence-electron chi connectivity index (χ0n) is 25.1. The van der Waals surface area contributed by atoms with Gasteiger partial charge in [-0.25, -0.2) is 9.37 Å². The standard InChI is InChI=1S/C35H27FN8O2/c1-22-13-31(36)30(14-23(22)6-7-27-20-39-33-32(5-4-12-44(27)33)42-26-18-40-41-19-26)34(45)43-25-15-24(35(2,3)21-37)16-29(17-25)46-28-8-10-38-11-9-28/h4-5,8-20,42H,1-3H3,(H,40,41)(H,43,45). The highest BCUT2D eigenvalue weighted by atomic mass is 19.1. The van der Waals surface area contributed by atoms with E-state index < -0.39 is 17.1 Å². The summed E-state index contributed by atoms with van der Waals surface area (Å²) in [5.74, 6) is 5.75. The van der Waals surface area contributed by atoms with Gasteiger partial charge >= 0.3 is 0 Å². The highest BCUT2D eigenvalue weighted by Crippen LogP contribution is 2.32. The van der Waals surface area contributed by atoms with Crippen molar-refractivity contribution in [1.29, 1.82) is 5.26 Å². The molecular formula is C35H27FN8O2. The van der Waals surface area contributed by atoms with Gasteiger partial charge < -0.3 is 15.4 Å².